The van der Waals surface area contributed by atoms with Crippen LogP contribution in [0.4, 0.5) is 0 Å². The van der Waals surface area contributed by atoms with Crippen LogP contribution in [0, 0.1) is 0 Å². The normalized spacial score (nSPS) is 13.3. The van der Waals surface area contributed by atoms with Gasteiger partial charge in [0.15, 0.2) is 0 Å². The fraction of sp³-hybridized carbons (Fsp3) is 0.0182. The van der Waals surface area contributed by atoms with Gasteiger partial charge in [-0.15, -0.1) is 0 Å². The van der Waals surface area contributed by atoms with Crippen molar-refractivity contribution < 1.29 is 0 Å². The standard InChI is InChI=1S/C55H33N3/c1-2-15-34(16-3-1)35-29-31-36(32-30-35)53-40-20-7-12-27-48(40)56-54(57-53)58-49-28-13-8-21-41(49)52-42-22-14-26-47-51(42)43(33-50(52)58)39-19-6-11-25-46(39)55(47)44-23-9-4-17-37(44)38-18-5-10-24-45(38)55/h1-33H. The lowest BCUT2D eigenvalue weighted by atomic mass is 9.61. The Hall–Kier alpha value is -7.62. The number of hydrogen-bond acceptors (Lipinski definition) is 2. The fourth-order valence-electron chi connectivity index (χ4n) is 10.5. The van der Waals surface area contributed by atoms with Gasteiger partial charge in [0, 0.05) is 21.7 Å². The van der Waals surface area contributed by atoms with Gasteiger partial charge in [-0.25, -0.2) is 9.97 Å². The minimum Gasteiger partial charge on any atom is -0.278 e. The first kappa shape index (κ1) is 31.6. The molecule has 3 nitrogen and oxygen atoms in total. The molecule has 0 unspecified atom stereocenters. The summed E-state index contributed by atoms with van der Waals surface area (Å²) in [6.45, 7) is 0. The molecule has 0 atom stereocenters. The van der Waals surface area contributed by atoms with Gasteiger partial charge in [-0.3, -0.25) is 4.57 Å². The maximum atomic E-state index is 5.49. The van der Waals surface area contributed by atoms with Crippen LogP contribution < -0.4 is 0 Å². The molecule has 2 aliphatic carbocycles. The van der Waals surface area contributed by atoms with Gasteiger partial charge >= 0.3 is 0 Å². The summed E-state index contributed by atoms with van der Waals surface area (Å²) in [5, 5.41) is 5.98. The van der Waals surface area contributed by atoms with Gasteiger partial charge in [-0.05, 0) is 84.6 Å². The second-order valence-electron chi connectivity index (χ2n) is 15.6. The summed E-state index contributed by atoms with van der Waals surface area (Å²) < 4.78 is 2.30. The molecule has 3 heteroatoms. The van der Waals surface area contributed by atoms with E-state index in [2.05, 4.69) is 205 Å². The van der Waals surface area contributed by atoms with Gasteiger partial charge in [0.25, 0.3) is 0 Å². The molecule has 0 radical (unpaired) electrons. The molecule has 2 aliphatic rings. The highest BCUT2D eigenvalue weighted by atomic mass is 15.2. The second-order valence-corrected chi connectivity index (χ2v) is 15.6. The van der Waals surface area contributed by atoms with Crippen LogP contribution >= 0.6 is 0 Å². The third-order valence-corrected chi connectivity index (χ3v) is 12.8. The summed E-state index contributed by atoms with van der Waals surface area (Å²) in [5.41, 5.74) is 17.5. The zero-order valence-electron chi connectivity index (χ0n) is 31.4. The van der Waals surface area contributed by atoms with Gasteiger partial charge < -0.3 is 0 Å². The maximum Gasteiger partial charge on any atom is 0.235 e. The molecular weight excluding hydrogens is 703 g/mol. The Bertz CT molecular complexity index is 3460. The lowest BCUT2D eigenvalue weighted by Crippen LogP contribution is -2.31. The number of para-hydroxylation sites is 2. The second kappa shape index (κ2) is 11.7. The van der Waals surface area contributed by atoms with Crippen LogP contribution in [0.3, 0.4) is 0 Å². The lowest BCUT2D eigenvalue weighted by Gasteiger charge is -2.40. The fourth-order valence-corrected chi connectivity index (χ4v) is 10.5. The average molecular weight is 736 g/mol. The predicted molar refractivity (Wildman–Crippen MR) is 239 cm³/mol. The van der Waals surface area contributed by atoms with E-state index in [4.69, 9.17) is 9.97 Å². The lowest BCUT2D eigenvalue weighted by molar-refractivity contribution is 0.773. The van der Waals surface area contributed by atoms with Crippen molar-refractivity contribution in [3.05, 3.63) is 222 Å². The van der Waals surface area contributed by atoms with E-state index in [1.54, 1.807) is 0 Å². The molecule has 2 aromatic heterocycles. The molecule has 2 heterocycles. The Labute approximate surface area is 335 Å². The molecular formula is C55H33N3. The first-order valence-electron chi connectivity index (χ1n) is 20.0. The molecule has 0 amide bonds. The van der Waals surface area contributed by atoms with Crippen molar-refractivity contribution in [2.45, 2.75) is 5.41 Å². The number of benzene rings is 9. The van der Waals surface area contributed by atoms with Gasteiger partial charge in [0.2, 0.25) is 5.95 Å². The Balaban J connectivity index is 1.12. The molecule has 0 saturated carbocycles. The number of hydrogen-bond donors (Lipinski definition) is 0. The molecule has 0 N–H and O–H groups in total. The number of rotatable bonds is 3. The van der Waals surface area contributed by atoms with Crippen LogP contribution in [-0.2, 0) is 5.41 Å². The zero-order valence-corrected chi connectivity index (χ0v) is 31.4. The minimum absolute atomic E-state index is 0.450. The van der Waals surface area contributed by atoms with Crippen molar-refractivity contribution >= 4 is 43.5 Å². The molecule has 11 aromatic rings. The molecule has 58 heavy (non-hydrogen) atoms. The van der Waals surface area contributed by atoms with Crippen molar-refractivity contribution in [1.82, 2.24) is 14.5 Å². The summed E-state index contributed by atoms with van der Waals surface area (Å²) in [6, 6.07) is 73.0. The summed E-state index contributed by atoms with van der Waals surface area (Å²) in [4.78, 5) is 10.8. The van der Waals surface area contributed by atoms with E-state index in [1.165, 1.54) is 77.2 Å². The highest BCUT2D eigenvalue weighted by molar-refractivity contribution is 6.26. The Morgan fingerprint density at radius 2 is 0.879 bits per heavy atom. The molecule has 0 aliphatic heterocycles. The molecule has 9 aromatic carbocycles. The molecule has 0 saturated heterocycles. The predicted octanol–water partition coefficient (Wildman–Crippen LogP) is 13.6. The molecule has 268 valence electrons. The molecule has 13 rings (SSSR count). The van der Waals surface area contributed by atoms with E-state index in [-0.39, 0.29) is 0 Å². The van der Waals surface area contributed by atoms with Crippen molar-refractivity contribution in [2.24, 2.45) is 0 Å². The SMILES string of the molecule is c1ccc(-c2ccc(-c3nc(-n4c5ccccc5c5c6cccc7c6c(cc54)-c4ccccc4C74c5ccccc5-c5ccccc54)nc4ccccc34)cc2)cc1. The van der Waals surface area contributed by atoms with Gasteiger partial charge in [0.1, 0.15) is 0 Å². The summed E-state index contributed by atoms with van der Waals surface area (Å²) in [5.74, 6) is 0.661. The van der Waals surface area contributed by atoms with Crippen molar-refractivity contribution in [3.8, 4) is 50.6 Å². The van der Waals surface area contributed by atoms with Crippen LogP contribution in [0.2, 0.25) is 0 Å². The first-order chi connectivity index (χ1) is 28.8. The highest BCUT2D eigenvalue weighted by Gasteiger charge is 2.50. The number of fused-ring (bicyclic) bond motifs is 14. The van der Waals surface area contributed by atoms with E-state index < -0.39 is 5.41 Å². The average Bonchev–Trinajstić information content (AvgIpc) is 3.79. The van der Waals surface area contributed by atoms with Gasteiger partial charge in [0.05, 0.1) is 27.7 Å². The quantitative estimate of drug-likeness (QED) is 0.181. The monoisotopic (exact) mass is 735 g/mol. The van der Waals surface area contributed by atoms with E-state index in [9.17, 15) is 0 Å². The Kier molecular flexibility index (Phi) is 6.37. The van der Waals surface area contributed by atoms with Crippen LogP contribution in [0.5, 0.6) is 0 Å². The summed E-state index contributed by atoms with van der Waals surface area (Å²) >= 11 is 0. The van der Waals surface area contributed by atoms with Crippen LogP contribution in [0.15, 0.2) is 200 Å². The van der Waals surface area contributed by atoms with Crippen LogP contribution in [-0.4, -0.2) is 14.5 Å². The third-order valence-electron chi connectivity index (χ3n) is 12.8. The minimum atomic E-state index is -0.450. The Morgan fingerprint density at radius 1 is 0.345 bits per heavy atom. The highest BCUT2D eigenvalue weighted by Crippen LogP contribution is 2.62. The maximum absolute atomic E-state index is 5.49. The first-order valence-corrected chi connectivity index (χ1v) is 20.0. The largest absolute Gasteiger partial charge is 0.278 e. The smallest absolute Gasteiger partial charge is 0.235 e. The number of nitrogens with zero attached hydrogens (tertiary/aromatic N) is 3. The summed E-state index contributed by atoms with van der Waals surface area (Å²) in [7, 11) is 0. The topological polar surface area (TPSA) is 30.7 Å². The molecule has 0 bridgehead atoms. The van der Waals surface area contributed by atoms with Gasteiger partial charge in [-0.2, -0.15) is 0 Å². The van der Waals surface area contributed by atoms with Crippen LogP contribution in [0.1, 0.15) is 22.3 Å². The van der Waals surface area contributed by atoms with Crippen molar-refractivity contribution in [2.75, 3.05) is 0 Å². The summed E-state index contributed by atoms with van der Waals surface area (Å²) in [6.07, 6.45) is 0. The van der Waals surface area contributed by atoms with Crippen molar-refractivity contribution in [1.29, 1.82) is 0 Å². The van der Waals surface area contributed by atoms with Gasteiger partial charge in [-0.1, -0.05) is 182 Å². The number of aromatic nitrogens is 3. The zero-order chi connectivity index (χ0) is 38.0. The van der Waals surface area contributed by atoms with E-state index >= 15 is 0 Å². The Morgan fingerprint density at radius 3 is 1.60 bits per heavy atom. The van der Waals surface area contributed by atoms with E-state index in [0.29, 0.717) is 5.95 Å². The third kappa shape index (κ3) is 4.07. The molecule has 0 fully saturated rings. The van der Waals surface area contributed by atoms with Crippen LogP contribution in [0.25, 0.3) is 94.1 Å². The molecule has 1 spiro atoms. The van der Waals surface area contributed by atoms with Crippen molar-refractivity contribution in [3.63, 3.8) is 0 Å². The van der Waals surface area contributed by atoms with E-state index in [1.807, 2.05) is 0 Å². The van der Waals surface area contributed by atoms with E-state index in [0.717, 1.165) is 33.2 Å².